The van der Waals surface area contributed by atoms with Gasteiger partial charge in [0.2, 0.25) is 5.91 Å². The van der Waals surface area contributed by atoms with Crippen LogP contribution in [-0.2, 0) is 16.2 Å². The van der Waals surface area contributed by atoms with Crippen molar-refractivity contribution >= 4 is 5.91 Å². The fourth-order valence-corrected chi connectivity index (χ4v) is 0.956. The van der Waals surface area contributed by atoms with E-state index in [0.717, 1.165) is 5.56 Å². The van der Waals surface area contributed by atoms with E-state index in [2.05, 4.69) is 5.48 Å². The van der Waals surface area contributed by atoms with Crippen LogP contribution in [0.2, 0.25) is 0 Å². The Morgan fingerprint density at radius 1 is 1.36 bits per heavy atom. The Hall–Kier alpha value is -1.39. The number of hydrogen-bond donors (Lipinski definition) is 2. The van der Waals surface area contributed by atoms with Crippen molar-refractivity contribution in [2.24, 2.45) is 5.73 Å². The van der Waals surface area contributed by atoms with Crippen LogP contribution in [-0.4, -0.2) is 12.5 Å². The molecule has 14 heavy (non-hydrogen) atoms. The topological polar surface area (TPSA) is 64.4 Å². The zero-order valence-electron chi connectivity index (χ0n) is 7.90. The molecule has 0 saturated heterocycles. The second kappa shape index (κ2) is 6.12. The van der Waals surface area contributed by atoms with Crippen molar-refractivity contribution < 1.29 is 9.63 Å². The lowest BCUT2D eigenvalue weighted by Crippen LogP contribution is -2.25. The quantitative estimate of drug-likeness (QED) is 0.674. The molecule has 76 valence electrons. The Bertz CT molecular complexity index is 275. The molecule has 0 atom stereocenters. The van der Waals surface area contributed by atoms with E-state index in [1.807, 2.05) is 30.3 Å². The van der Waals surface area contributed by atoms with Gasteiger partial charge < -0.3 is 5.73 Å². The lowest BCUT2D eigenvalue weighted by molar-refractivity contribution is -0.134. The van der Waals surface area contributed by atoms with Gasteiger partial charge in [0.25, 0.3) is 0 Å². The SMILES string of the molecule is NCCC(=O)NOCc1ccccc1. The summed E-state index contributed by atoms with van der Waals surface area (Å²) in [5.41, 5.74) is 8.52. The van der Waals surface area contributed by atoms with Crippen LogP contribution in [0.3, 0.4) is 0 Å². The minimum absolute atomic E-state index is 0.191. The first-order valence-electron chi connectivity index (χ1n) is 4.47. The lowest BCUT2D eigenvalue weighted by Gasteiger charge is -2.04. The molecule has 1 amide bonds. The van der Waals surface area contributed by atoms with Gasteiger partial charge in [0.1, 0.15) is 0 Å². The third-order valence-electron chi connectivity index (χ3n) is 1.64. The van der Waals surface area contributed by atoms with Gasteiger partial charge in [-0.1, -0.05) is 30.3 Å². The van der Waals surface area contributed by atoms with Gasteiger partial charge in [-0.15, -0.1) is 0 Å². The molecule has 0 aliphatic heterocycles. The van der Waals surface area contributed by atoms with Crippen molar-refractivity contribution in [3.8, 4) is 0 Å². The summed E-state index contributed by atoms with van der Waals surface area (Å²) in [6, 6.07) is 9.61. The van der Waals surface area contributed by atoms with Crippen LogP contribution >= 0.6 is 0 Å². The zero-order chi connectivity index (χ0) is 10.2. The largest absolute Gasteiger partial charge is 0.330 e. The van der Waals surface area contributed by atoms with Gasteiger partial charge in [-0.05, 0) is 5.56 Å². The fraction of sp³-hybridized carbons (Fsp3) is 0.300. The minimum atomic E-state index is -0.191. The van der Waals surface area contributed by atoms with Crippen LogP contribution in [0, 0.1) is 0 Å². The molecule has 1 aromatic rings. The van der Waals surface area contributed by atoms with Crippen LogP contribution in [0.15, 0.2) is 30.3 Å². The second-order valence-electron chi connectivity index (χ2n) is 2.84. The van der Waals surface area contributed by atoms with Crippen LogP contribution in [0.5, 0.6) is 0 Å². The number of nitrogens with two attached hydrogens (primary N) is 1. The first-order chi connectivity index (χ1) is 6.83. The van der Waals surface area contributed by atoms with E-state index < -0.39 is 0 Å². The summed E-state index contributed by atoms with van der Waals surface area (Å²) in [4.78, 5) is 15.9. The molecule has 3 N–H and O–H groups in total. The summed E-state index contributed by atoms with van der Waals surface area (Å²) in [6.45, 7) is 0.706. The molecule has 0 aliphatic rings. The average Bonchev–Trinajstić information content (AvgIpc) is 2.20. The number of hydrogen-bond acceptors (Lipinski definition) is 3. The number of carbonyl (C=O) groups excluding carboxylic acids is 1. The van der Waals surface area contributed by atoms with Gasteiger partial charge in [-0.2, -0.15) is 0 Å². The summed E-state index contributed by atoms with van der Waals surface area (Å²) in [5, 5.41) is 0. The van der Waals surface area contributed by atoms with Gasteiger partial charge in [0.05, 0.1) is 6.61 Å². The predicted molar refractivity (Wildman–Crippen MR) is 53.0 cm³/mol. The number of amides is 1. The molecule has 1 aromatic carbocycles. The van der Waals surface area contributed by atoms with Crippen molar-refractivity contribution in [1.82, 2.24) is 5.48 Å². The molecule has 0 aliphatic carbocycles. The van der Waals surface area contributed by atoms with E-state index >= 15 is 0 Å². The molecule has 4 nitrogen and oxygen atoms in total. The van der Waals surface area contributed by atoms with Gasteiger partial charge >= 0.3 is 0 Å². The molecule has 0 saturated carbocycles. The molecular weight excluding hydrogens is 180 g/mol. The Balaban J connectivity index is 2.19. The van der Waals surface area contributed by atoms with E-state index in [0.29, 0.717) is 13.2 Å². The van der Waals surface area contributed by atoms with Gasteiger partial charge in [0, 0.05) is 13.0 Å². The number of carbonyl (C=O) groups is 1. The van der Waals surface area contributed by atoms with Crippen molar-refractivity contribution in [3.05, 3.63) is 35.9 Å². The van der Waals surface area contributed by atoms with Crippen LogP contribution in [0.1, 0.15) is 12.0 Å². The summed E-state index contributed by atoms with van der Waals surface area (Å²) >= 11 is 0. The molecule has 0 fully saturated rings. The Labute approximate surface area is 83.0 Å². The van der Waals surface area contributed by atoms with E-state index in [-0.39, 0.29) is 12.3 Å². The standard InChI is InChI=1S/C10H14N2O2/c11-7-6-10(13)12-14-8-9-4-2-1-3-5-9/h1-5H,6-8,11H2,(H,12,13). The van der Waals surface area contributed by atoms with Crippen molar-refractivity contribution in [2.45, 2.75) is 13.0 Å². The van der Waals surface area contributed by atoms with E-state index in [1.54, 1.807) is 0 Å². The summed E-state index contributed by atoms with van der Waals surface area (Å²) in [7, 11) is 0. The maximum atomic E-state index is 10.9. The van der Waals surface area contributed by atoms with Gasteiger partial charge in [-0.3, -0.25) is 9.63 Å². The Kier molecular flexibility index (Phi) is 4.68. The molecule has 0 heterocycles. The predicted octanol–water partition coefficient (Wildman–Crippen LogP) is 0.583. The molecule has 1 rings (SSSR count). The minimum Gasteiger partial charge on any atom is -0.330 e. The number of nitrogens with one attached hydrogen (secondary N) is 1. The highest BCUT2D eigenvalue weighted by Gasteiger charge is 1.98. The molecule has 0 radical (unpaired) electrons. The highest BCUT2D eigenvalue weighted by Crippen LogP contribution is 1.98. The van der Waals surface area contributed by atoms with E-state index in [4.69, 9.17) is 10.6 Å². The average molecular weight is 194 g/mol. The maximum Gasteiger partial charge on any atom is 0.244 e. The van der Waals surface area contributed by atoms with Crippen molar-refractivity contribution in [1.29, 1.82) is 0 Å². The van der Waals surface area contributed by atoms with Crippen molar-refractivity contribution in [2.75, 3.05) is 6.54 Å². The number of hydroxylamine groups is 1. The first-order valence-corrected chi connectivity index (χ1v) is 4.47. The summed E-state index contributed by atoms with van der Waals surface area (Å²) in [5.74, 6) is -0.191. The van der Waals surface area contributed by atoms with Crippen molar-refractivity contribution in [3.63, 3.8) is 0 Å². The molecule has 4 heteroatoms. The molecule has 0 aromatic heterocycles. The number of benzene rings is 1. The van der Waals surface area contributed by atoms with Crippen LogP contribution in [0.4, 0.5) is 0 Å². The van der Waals surface area contributed by atoms with E-state index in [1.165, 1.54) is 0 Å². The molecule has 0 bridgehead atoms. The highest BCUT2D eigenvalue weighted by atomic mass is 16.6. The highest BCUT2D eigenvalue weighted by molar-refractivity contribution is 5.74. The smallest absolute Gasteiger partial charge is 0.244 e. The van der Waals surface area contributed by atoms with Gasteiger partial charge in [-0.25, -0.2) is 5.48 Å². The third kappa shape index (κ3) is 4.02. The summed E-state index contributed by atoms with van der Waals surface area (Å²) in [6.07, 6.45) is 0.286. The van der Waals surface area contributed by atoms with Crippen LogP contribution in [0.25, 0.3) is 0 Å². The maximum absolute atomic E-state index is 10.9. The Morgan fingerprint density at radius 2 is 2.07 bits per heavy atom. The normalized spacial score (nSPS) is 9.79. The monoisotopic (exact) mass is 194 g/mol. The summed E-state index contributed by atoms with van der Waals surface area (Å²) < 4.78 is 0. The Morgan fingerprint density at radius 3 is 2.71 bits per heavy atom. The number of rotatable bonds is 5. The lowest BCUT2D eigenvalue weighted by atomic mass is 10.2. The molecule has 0 spiro atoms. The second-order valence-corrected chi connectivity index (χ2v) is 2.84. The van der Waals surface area contributed by atoms with Gasteiger partial charge in [0.15, 0.2) is 0 Å². The van der Waals surface area contributed by atoms with Crippen LogP contribution < -0.4 is 11.2 Å². The molecule has 0 unspecified atom stereocenters. The molecular formula is C10H14N2O2. The fourth-order valence-electron chi connectivity index (χ4n) is 0.956. The third-order valence-corrected chi connectivity index (χ3v) is 1.64. The first kappa shape index (κ1) is 10.7. The van der Waals surface area contributed by atoms with E-state index in [9.17, 15) is 4.79 Å². The zero-order valence-corrected chi connectivity index (χ0v) is 7.90.